The average molecular weight is 447 g/mol. The molecule has 8 heteroatoms. The number of benzene rings is 2. The van der Waals surface area contributed by atoms with Crippen LogP contribution in [-0.4, -0.2) is 34.3 Å². The molecular weight excluding hydrogens is 424 g/mol. The Kier molecular flexibility index (Phi) is 5.01. The first-order valence-corrected chi connectivity index (χ1v) is 11.4. The number of rotatable bonds is 4. The average Bonchev–Trinajstić information content (AvgIpc) is 3.32. The van der Waals surface area contributed by atoms with Gasteiger partial charge in [-0.05, 0) is 49.4 Å². The molecule has 2 aliphatic rings. The highest BCUT2D eigenvalue weighted by Crippen LogP contribution is 2.39. The van der Waals surface area contributed by atoms with E-state index in [0.717, 1.165) is 45.1 Å². The van der Waals surface area contributed by atoms with Gasteiger partial charge in [-0.3, -0.25) is 14.5 Å². The number of nitrogens with one attached hydrogen (secondary N) is 2. The van der Waals surface area contributed by atoms with Crippen LogP contribution in [0, 0.1) is 6.92 Å². The van der Waals surface area contributed by atoms with Gasteiger partial charge in [0.2, 0.25) is 5.91 Å². The molecule has 2 N–H and O–H groups in total. The fourth-order valence-electron chi connectivity index (χ4n) is 4.55. The van der Waals surface area contributed by atoms with Gasteiger partial charge in [-0.25, -0.2) is 9.78 Å². The highest BCUT2D eigenvalue weighted by Gasteiger charge is 2.54. The van der Waals surface area contributed by atoms with Crippen LogP contribution in [0.2, 0.25) is 0 Å². The van der Waals surface area contributed by atoms with E-state index in [0.29, 0.717) is 12.1 Å². The predicted molar refractivity (Wildman–Crippen MR) is 122 cm³/mol. The number of aromatic nitrogens is 1. The van der Waals surface area contributed by atoms with E-state index < -0.39 is 17.5 Å². The van der Waals surface area contributed by atoms with Crippen molar-refractivity contribution in [2.24, 2.45) is 0 Å². The van der Waals surface area contributed by atoms with Gasteiger partial charge >= 0.3 is 6.03 Å². The SMILES string of the molecule is Cc1nc(-c2cccc(NC(=O)CN3C(=O)NC4(CCCc5ccccc54)C3=O)c2)cs1. The van der Waals surface area contributed by atoms with Crippen LogP contribution in [0.4, 0.5) is 10.5 Å². The van der Waals surface area contributed by atoms with Crippen molar-refractivity contribution in [1.82, 2.24) is 15.2 Å². The first kappa shape index (κ1) is 20.4. The number of fused-ring (bicyclic) bond motifs is 2. The van der Waals surface area contributed by atoms with Gasteiger partial charge in [0.25, 0.3) is 5.91 Å². The Morgan fingerprint density at radius 2 is 2.06 bits per heavy atom. The number of hydrogen-bond acceptors (Lipinski definition) is 5. The summed E-state index contributed by atoms with van der Waals surface area (Å²) in [6, 6.07) is 14.5. The van der Waals surface area contributed by atoms with E-state index >= 15 is 0 Å². The van der Waals surface area contributed by atoms with Crippen molar-refractivity contribution in [3.8, 4) is 11.3 Å². The van der Waals surface area contributed by atoms with Crippen LogP contribution < -0.4 is 10.6 Å². The molecule has 1 aliphatic carbocycles. The van der Waals surface area contributed by atoms with Crippen molar-refractivity contribution >= 4 is 34.9 Å². The third-order valence-corrected chi connectivity index (χ3v) is 6.79. The Balaban J connectivity index is 1.33. The van der Waals surface area contributed by atoms with Crippen LogP contribution in [0.5, 0.6) is 0 Å². The van der Waals surface area contributed by atoms with Crippen LogP contribution >= 0.6 is 11.3 Å². The fourth-order valence-corrected chi connectivity index (χ4v) is 5.17. The van der Waals surface area contributed by atoms with Gasteiger partial charge in [-0.15, -0.1) is 11.3 Å². The molecule has 1 fully saturated rings. The summed E-state index contributed by atoms with van der Waals surface area (Å²) in [7, 11) is 0. The summed E-state index contributed by atoms with van der Waals surface area (Å²) < 4.78 is 0. The van der Waals surface area contributed by atoms with Crippen LogP contribution in [0.15, 0.2) is 53.9 Å². The Morgan fingerprint density at radius 3 is 2.88 bits per heavy atom. The number of carbonyl (C=O) groups excluding carboxylic acids is 3. The Labute approximate surface area is 189 Å². The van der Waals surface area contributed by atoms with Crippen LogP contribution in [0.25, 0.3) is 11.3 Å². The minimum atomic E-state index is -1.07. The van der Waals surface area contributed by atoms with Crippen LogP contribution in [0.3, 0.4) is 0 Å². The van der Waals surface area contributed by atoms with E-state index in [1.54, 1.807) is 17.4 Å². The van der Waals surface area contributed by atoms with E-state index in [1.165, 1.54) is 0 Å². The molecule has 7 nitrogen and oxygen atoms in total. The third-order valence-electron chi connectivity index (χ3n) is 6.01. The monoisotopic (exact) mass is 446 g/mol. The van der Waals surface area contributed by atoms with Crippen molar-refractivity contribution in [2.75, 3.05) is 11.9 Å². The van der Waals surface area contributed by atoms with Crippen molar-refractivity contribution < 1.29 is 14.4 Å². The molecule has 2 heterocycles. The van der Waals surface area contributed by atoms with Crippen molar-refractivity contribution in [3.05, 3.63) is 70.0 Å². The maximum atomic E-state index is 13.3. The third kappa shape index (κ3) is 3.46. The maximum absolute atomic E-state index is 13.3. The van der Waals surface area contributed by atoms with Gasteiger partial charge in [0.1, 0.15) is 12.1 Å². The fraction of sp³-hybridized carbons (Fsp3) is 0.250. The summed E-state index contributed by atoms with van der Waals surface area (Å²) in [5.74, 6) is -0.794. The number of hydrogen-bond donors (Lipinski definition) is 2. The molecule has 2 aromatic carbocycles. The van der Waals surface area contributed by atoms with E-state index in [1.807, 2.05) is 54.8 Å². The number of aryl methyl sites for hydroxylation is 2. The minimum Gasteiger partial charge on any atom is -0.325 e. The number of nitrogens with zero attached hydrogens (tertiary/aromatic N) is 2. The molecule has 1 spiro atoms. The smallest absolute Gasteiger partial charge is 0.325 e. The second-order valence-corrected chi connectivity index (χ2v) is 9.18. The maximum Gasteiger partial charge on any atom is 0.325 e. The molecule has 4 amide bonds. The summed E-state index contributed by atoms with van der Waals surface area (Å²) in [6.45, 7) is 1.60. The Hall–Kier alpha value is -3.52. The highest BCUT2D eigenvalue weighted by molar-refractivity contribution is 7.09. The molecule has 1 saturated heterocycles. The number of carbonyl (C=O) groups is 3. The van der Waals surface area contributed by atoms with Gasteiger partial charge in [0.05, 0.1) is 10.7 Å². The summed E-state index contributed by atoms with van der Waals surface area (Å²) in [6.07, 6.45) is 2.20. The lowest BCUT2D eigenvalue weighted by Gasteiger charge is -2.33. The molecule has 32 heavy (non-hydrogen) atoms. The van der Waals surface area contributed by atoms with Gasteiger partial charge in [0, 0.05) is 16.6 Å². The van der Waals surface area contributed by atoms with Crippen LogP contribution in [0.1, 0.15) is 29.0 Å². The zero-order chi connectivity index (χ0) is 22.3. The van der Waals surface area contributed by atoms with Gasteiger partial charge in [-0.1, -0.05) is 36.4 Å². The van der Waals surface area contributed by atoms with E-state index in [9.17, 15) is 14.4 Å². The van der Waals surface area contributed by atoms with Crippen molar-refractivity contribution in [1.29, 1.82) is 0 Å². The lowest BCUT2D eigenvalue weighted by atomic mass is 9.76. The first-order chi connectivity index (χ1) is 15.5. The standard InChI is InChI=1S/C24H22N4O3S/c1-15-25-20(14-32-15)17-7-4-9-18(12-17)26-21(29)13-28-22(30)24(27-23(28)31)11-5-8-16-6-2-3-10-19(16)24/h2-4,6-7,9-10,12,14H,5,8,11,13H2,1H3,(H,26,29)(H,27,31). The van der Waals surface area contributed by atoms with Crippen molar-refractivity contribution in [3.63, 3.8) is 0 Å². The molecule has 162 valence electrons. The van der Waals surface area contributed by atoms with E-state index in [4.69, 9.17) is 0 Å². The molecule has 0 radical (unpaired) electrons. The quantitative estimate of drug-likeness (QED) is 0.596. The minimum absolute atomic E-state index is 0.339. The Morgan fingerprint density at radius 1 is 1.22 bits per heavy atom. The lowest BCUT2D eigenvalue weighted by Crippen LogP contribution is -2.47. The zero-order valence-corrected chi connectivity index (χ0v) is 18.4. The molecular formula is C24H22N4O3S. The number of urea groups is 1. The van der Waals surface area contributed by atoms with Crippen LogP contribution in [-0.2, 0) is 21.5 Å². The molecule has 5 rings (SSSR count). The van der Waals surface area contributed by atoms with Crippen molar-refractivity contribution in [2.45, 2.75) is 31.7 Å². The number of imide groups is 1. The predicted octanol–water partition coefficient (Wildman–Crippen LogP) is 3.84. The molecule has 0 saturated carbocycles. The second kappa shape index (κ2) is 7.87. The molecule has 1 aliphatic heterocycles. The molecule has 1 aromatic heterocycles. The first-order valence-electron chi connectivity index (χ1n) is 10.5. The van der Waals surface area contributed by atoms with E-state index in [2.05, 4.69) is 15.6 Å². The number of anilines is 1. The Bertz CT molecular complexity index is 1240. The van der Waals surface area contributed by atoms with Gasteiger partial charge in [-0.2, -0.15) is 0 Å². The largest absolute Gasteiger partial charge is 0.325 e. The summed E-state index contributed by atoms with van der Waals surface area (Å²) in [4.78, 5) is 44.3. The molecule has 0 bridgehead atoms. The second-order valence-electron chi connectivity index (χ2n) is 8.12. The number of thiazole rings is 1. The van der Waals surface area contributed by atoms with E-state index in [-0.39, 0.29) is 12.5 Å². The summed E-state index contributed by atoms with van der Waals surface area (Å²) in [5, 5.41) is 8.61. The summed E-state index contributed by atoms with van der Waals surface area (Å²) >= 11 is 1.56. The topological polar surface area (TPSA) is 91.4 Å². The molecule has 1 unspecified atom stereocenters. The lowest BCUT2D eigenvalue weighted by molar-refractivity contribution is -0.134. The molecule has 3 aromatic rings. The summed E-state index contributed by atoms with van der Waals surface area (Å²) in [5.41, 5.74) is 3.14. The van der Waals surface area contributed by atoms with Gasteiger partial charge in [0.15, 0.2) is 0 Å². The normalized spacial score (nSPS) is 19.7. The number of amides is 4. The molecule has 1 atom stereocenters. The van der Waals surface area contributed by atoms with Gasteiger partial charge < -0.3 is 10.6 Å². The zero-order valence-electron chi connectivity index (χ0n) is 17.6. The highest BCUT2D eigenvalue weighted by atomic mass is 32.1.